The Hall–Kier alpha value is -2.01. The third-order valence-electron chi connectivity index (χ3n) is 5.10. The van der Waals surface area contributed by atoms with Crippen molar-refractivity contribution in [3.8, 4) is 5.75 Å². The normalized spacial score (nSPS) is 20.2. The van der Waals surface area contributed by atoms with E-state index in [0.29, 0.717) is 10.0 Å². The highest BCUT2D eigenvalue weighted by Gasteiger charge is 2.41. The summed E-state index contributed by atoms with van der Waals surface area (Å²) in [5.74, 6) is 0.863. The molecule has 0 saturated carbocycles. The van der Waals surface area contributed by atoms with Crippen LogP contribution in [-0.4, -0.2) is 10.7 Å². The first kappa shape index (κ1) is 18.0. The molecule has 0 amide bonds. The maximum Gasteiger partial charge on any atom is 0.215 e. The van der Waals surface area contributed by atoms with Crippen LogP contribution in [0.2, 0.25) is 10.0 Å². The van der Waals surface area contributed by atoms with Crippen molar-refractivity contribution in [3.63, 3.8) is 0 Å². The lowest BCUT2D eigenvalue weighted by Gasteiger charge is -2.38. The van der Waals surface area contributed by atoms with Gasteiger partial charge in [0.2, 0.25) is 6.23 Å². The van der Waals surface area contributed by atoms with Crippen LogP contribution in [0.3, 0.4) is 0 Å². The first-order chi connectivity index (χ1) is 13.6. The molecule has 28 heavy (non-hydrogen) atoms. The standard InChI is InChI=1S/C22H15BrCl2N2O/c23-14-7-10-21-17(11-14)20-12-19(13-5-8-15(24)9-6-13)26-27(20)22(28-21)16-3-1-2-4-18(16)25/h1-11,20,22H,12H2/t20-,22+/m0/s1. The summed E-state index contributed by atoms with van der Waals surface area (Å²) >= 11 is 16.1. The van der Waals surface area contributed by atoms with Crippen LogP contribution in [0.15, 0.2) is 76.3 Å². The molecule has 0 aliphatic carbocycles. The maximum absolute atomic E-state index is 6.49. The van der Waals surface area contributed by atoms with Crippen molar-refractivity contribution in [3.05, 3.63) is 97.9 Å². The largest absolute Gasteiger partial charge is 0.464 e. The van der Waals surface area contributed by atoms with E-state index in [2.05, 4.69) is 22.0 Å². The van der Waals surface area contributed by atoms with Crippen LogP contribution in [0.1, 0.15) is 35.4 Å². The molecule has 6 heteroatoms. The Balaban J connectivity index is 1.62. The number of nitrogens with zero attached hydrogens (tertiary/aromatic N) is 2. The third-order valence-corrected chi connectivity index (χ3v) is 6.19. The van der Waals surface area contributed by atoms with Crippen molar-refractivity contribution < 1.29 is 4.74 Å². The molecule has 0 unspecified atom stereocenters. The maximum atomic E-state index is 6.49. The van der Waals surface area contributed by atoms with Crippen LogP contribution < -0.4 is 4.74 Å². The molecule has 2 atom stereocenters. The second-order valence-electron chi connectivity index (χ2n) is 6.83. The summed E-state index contributed by atoms with van der Waals surface area (Å²) in [5, 5.41) is 8.36. The molecule has 5 rings (SSSR count). The number of hydrogen-bond donors (Lipinski definition) is 0. The Bertz CT molecular complexity index is 1080. The quantitative estimate of drug-likeness (QED) is 0.400. The molecule has 0 spiro atoms. The monoisotopic (exact) mass is 472 g/mol. The fraction of sp³-hybridized carbons (Fsp3) is 0.136. The highest BCUT2D eigenvalue weighted by atomic mass is 79.9. The highest BCUT2D eigenvalue weighted by Crippen LogP contribution is 2.49. The summed E-state index contributed by atoms with van der Waals surface area (Å²) in [6.45, 7) is 0. The Morgan fingerprint density at radius 2 is 1.75 bits per heavy atom. The average molecular weight is 474 g/mol. The number of benzene rings is 3. The Morgan fingerprint density at radius 3 is 2.54 bits per heavy atom. The van der Waals surface area contributed by atoms with Crippen LogP contribution in [0.5, 0.6) is 5.75 Å². The minimum absolute atomic E-state index is 0.0770. The van der Waals surface area contributed by atoms with Gasteiger partial charge in [0.1, 0.15) is 5.75 Å². The lowest BCUT2D eigenvalue weighted by molar-refractivity contribution is -0.0190. The molecule has 0 fully saturated rings. The first-order valence-corrected chi connectivity index (χ1v) is 10.5. The second-order valence-corrected chi connectivity index (χ2v) is 8.59. The molecular weight excluding hydrogens is 459 g/mol. The van der Waals surface area contributed by atoms with E-state index in [-0.39, 0.29) is 12.3 Å². The molecule has 3 nitrogen and oxygen atoms in total. The Labute approximate surface area is 181 Å². The number of hydrazone groups is 1. The van der Waals surface area contributed by atoms with E-state index in [9.17, 15) is 0 Å². The fourth-order valence-corrected chi connectivity index (χ4v) is 4.49. The van der Waals surface area contributed by atoms with Crippen molar-refractivity contribution in [2.45, 2.75) is 18.7 Å². The lowest BCUT2D eigenvalue weighted by atomic mass is 9.96. The molecule has 2 aliphatic rings. The minimum atomic E-state index is -0.378. The molecule has 3 aromatic rings. The second kappa shape index (κ2) is 7.11. The van der Waals surface area contributed by atoms with Gasteiger partial charge in [0.15, 0.2) is 0 Å². The summed E-state index contributed by atoms with van der Waals surface area (Å²) in [6, 6.07) is 21.7. The van der Waals surface area contributed by atoms with Gasteiger partial charge in [-0.1, -0.05) is 69.5 Å². The van der Waals surface area contributed by atoms with Gasteiger partial charge < -0.3 is 4.74 Å². The molecule has 0 N–H and O–H groups in total. The predicted octanol–water partition coefficient (Wildman–Crippen LogP) is 7.00. The minimum Gasteiger partial charge on any atom is -0.464 e. The van der Waals surface area contributed by atoms with E-state index in [1.807, 2.05) is 65.7 Å². The van der Waals surface area contributed by atoms with Gasteiger partial charge in [0.25, 0.3) is 0 Å². The number of hydrogen-bond acceptors (Lipinski definition) is 3. The van der Waals surface area contributed by atoms with Gasteiger partial charge in [-0.25, -0.2) is 5.01 Å². The topological polar surface area (TPSA) is 24.8 Å². The van der Waals surface area contributed by atoms with Gasteiger partial charge in [0.05, 0.1) is 11.8 Å². The van der Waals surface area contributed by atoms with E-state index >= 15 is 0 Å². The Kier molecular flexibility index (Phi) is 4.58. The van der Waals surface area contributed by atoms with Gasteiger partial charge in [-0.3, -0.25) is 0 Å². The molecule has 2 heterocycles. The summed E-state index contributed by atoms with van der Waals surface area (Å²) in [4.78, 5) is 0. The molecule has 3 aromatic carbocycles. The van der Waals surface area contributed by atoms with Crippen LogP contribution in [0.4, 0.5) is 0 Å². The summed E-state index contributed by atoms with van der Waals surface area (Å²) < 4.78 is 7.38. The highest BCUT2D eigenvalue weighted by molar-refractivity contribution is 9.10. The Morgan fingerprint density at radius 1 is 0.964 bits per heavy atom. The molecule has 2 aliphatic heterocycles. The molecular formula is C22H15BrCl2N2O. The van der Waals surface area contributed by atoms with Crippen molar-refractivity contribution >= 4 is 44.8 Å². The van der Waals surface area contributed by atoms with Crippen LogP contribution in [0, 0.1) is 0 Å². The van der Waals surface area contributed by atoms with Gasteiger partial charge in [-0.05, 0) is 42.0 Å². The van der Waals surface area contributed by atoms with Crippen molar-refractivity contribution in [1.29, 1.82) is 0 Å². The van der Waals surface area contributed by atoms with E-state index < -0.39 is 0 Å². The summed E-state index contributed by atoms with van der Waals surface area (Å²) in [7, 11) is 0. The summed E-state index contributed by atoms with van der Waals surface area (Å²) in [6.07, 6.45) is 0.409. The number of fused-ring (bicyclic) bond motifs is 3. The van der Waals surface area contributed by atoms with Crippen LogP contribution in [-0.2, 0) is 0 Å². The van der Waals surface area contributed by atoms with E-state index in [4.69, 9.17) is 33.0 Å². The SMILES string of the molecule is Clc1ccc(C2=NN3[C@@H](c4ccccc4Cl)Oc4ccc(Br)cc4[C@@H]3C2)cc1. The van der Waals surface area contributed by atoms with Gasteiger partial charge in [-0.2, -0.15) is 5.10 Å². The molecule has 140 valence electrons. The van der Waals surface area contributed by atoms with Gasteiger partial charge in [-0.15, -0.1) is 0 Å². The summed E-state index contributed by atoms with van der Waals surface area (Å²) in [5.41, 5.74) is 4.10. The van der Waals surface area contributed by atoms with Crippen molar-refractivity contribution in [1.82, 2.24) is 5.01 Å². The molecule has 0 aromatic heterocycles. The first-order valence-electron chi connectivity index (χ1n) is 8.92. The third kappa shape index (κ3) is 3.10. The zero-order valence-electron chi connectivity index (χ0n) is 14.6. The zero-order chi connectivity index (χ0) is 19.3. The predicted molar refractivity (Wildman–Crippen MR) is 116 cm³/mol. The number of halogens is 3. The zero-order valence-corrected chi connectivity index (χ0v) is 17.7. The van der Waals surface area contributed by atoms with Gasteiger partial charge in [0, 0.05) is 32.1 Å². The number of rotatable bonds is 2. The van der Waals surface area contributed by atoms with E-state index in [0.717, 1.165) is 39.0 Å². The smallest absolute Gasteiger partial charge is 0.215 e. The van der Waals surface area contributed by atoms with Crippen molar-refractivity contribution in [2.75, 3.05) is 0 Å². The van der Waals surface area contributed by atoms with E-state index in [1.165, 1.54) is 0 Å². The number of ether oxygens (including phenoxy) is 1. The van der Waals surface area contributed by atoms with Gasteiger partial charge >= 0.3 is 0 Å². The van der Waals surface area contributed by atoms with E-state index in [1.54, 1.807) is 0 Å². The van der Waals surface area contributed by atoms with Crippen LogP contribution in [0.25, 0.3) is 0 Å². The fourth-order valence-electron chi connectivity index (χ4n) is 3.76. The lowest BCUT2D eigenvalue weighted by Crippen LogP contribution is -2.33. The van der Waals surface area contributed by atoms with Crippen molar-refractivity contribution in [2.24, 2.45) is 5.10 Å². The van der Waals surface area contributed by atoms with Crippen LogP contribution >= 0.6 is 39.1 Å². The average Bonchev–Trinajstić information content (AvgIpc) is 3.14. The molecule has 0 saturated heterocycles. The molecule has 0 radical (unpaired) electrons. The molecule has 0 bridgehead atoms.